The van der Waals surface area contributed by atoms with Crippen LogP contribution in [-0.4, -0.2) is 53.7 Å². The molecule has 46 heavy (non-hydrogen) atoms. The van der Waals surface area contributed by atoms with E-state index in [1.165, 1.54) is 49.6 Å². The number of carbonyl (C=O) groups is 4. The number of nitrogens with zero attached hydrogens (tertiary/aromatic N) is 6. The molecule has 0 fully saturated rings. The van der Waals surface area contributed by atoms with Gasteiger partial charge in [0.05, 0.1) is 10.2 Å². The predicted octanol–water partition coefficient (Wildman–Crippen LogP) is 0.239. The quantitative estimate of drug-likeness (QED) is 0.122. The zero-order valence-corrected chi connectivity index (χ0v) is 25.9. The van der Waals surface area contributed by atoms with E-state index in [2.05, 4.69) is 19.9 Å². The summed E-state index contributed by atoms with van der Waals surface area (Å²) in [6.07, 6.45) is 12.2. The molecule has 0 aliphatic carbocycles. The van der Waals surface area contributed by atoms with Crippen LogP contribution >= 0.6 is 0 Å². The van der Waals surface area contributed by atoms with Crippen LogP contribution in [0.4, 0.5) is 0 Å². The van der Waals surface area contributed by atoms with E-state index in [9.17, 15) is 19.2 Å². The first-order valence-electron chi connectivity index (χ1n) is 11.1. The van der Waals surface area contributed by atoms with Gasteiger partial charge in [0.2, 0.25) is 23.6 Å². The van der Waals surface area contributed by atoms with E-state index in [4.69, 9.17) is 53.6 Å². The van der Waals surface area contributed by atoms with Crippen molar-refractivity contribution in [2.75, 3.05) is 0 Å². The van der Waals surface area contributed by atoms with Crippen molar-refractivity contribution in [1.29, 1.82) is 0 Å². The smallest absolute Gasteiger partial charge is 0.366 e. The number of primary amides is 4. The number of rotatable bonds is 4. The van der Waals surface area contributed by atoms with Crippen molar-refractivity contribution < 1.29 is 74.1 Å². The number of hydrogen-bond donors (Lipinski definition) is 4. The van der Waals surface area contributed by atoms with E-state index in [0.29, 0.717) is 22.3 Å². The van der Waals surface area contributed by atoms with E-state index in [1.807, 2.05) is 0 Å². The third-order valence-corrected chi connectivity index (χ3v) is 3.86. The predicted molar refractivity (Wildman–Crippen MR) is 152 cm³/mol. The summed E-state index contributed by atoms with van der Waals surface area (Å²) < 4.78 is 0. The van der Waals surface area contributed by atoms with Crippen molar-refractivity contribution in [2.45, 2.75) is 0 Å². The Kier molecular flexibility index (Phi) is 30.3. The Labute approximate surface area is 290 Å². The maximum absolute atomic E-state index is 10.4. The van der Waals surface area contributed by atoms with Gasteiger partial charge >= 0.3 is 44.8 Å². The number of aromatic nitrogens is 4. The molecule has 8 N–H and O–H groups in total. The zero-order valence-electron chi connectivity index (χ0n) is 22.9. The average molecular weight is 828 g/mol. The molecule has 0 atom stereocenters. The molecule has 4 aromatic rings. The molecule has 0 unspecified atom stereocenters. The zero-order chi connectivity index (χ0) is 33.9. The standard InChI is InChI=1S/4C6H6N2O.2Ag.2NO3/c4*7-6(9)5-1-3-8-4-2-5;;;2*2-1(3)4/h4*1-4H,(H2,7,9);;;;/q;;;;2*+1;2*-1. The molecule has 0 aliphatic rings. The fourth-order valence-corrected chi connectivity index (χ4v) is 2.06. The minimum atomic E-state index is -1.75. The fourth-order valence-electron chi connectivity index (χ4n) is 2.06. The minimum Gasteiger partial charge on any atom is -0.366 e. The Morgan fingerprint density at radius 1 is 0.413 bits per heavy atom. The average Bonchev–Trinajstić information content (AvgIpc) is 2.99. The maximum atomic E-state index is 10.4. The Hall–Kier alpha value is -5.64. The summed E-state index contributed by atoms with van der Waals surface area (Å²) in [5, 5.41) is 29.5. The van der Waals surface area contributed by atoms with Crippen molar-refractivity contribution in [3.8, 4) is 0 Å². The van der Waals surface area contributed by atoms with Gasteiger partial charge in [0.25, 0.3) is 0 Å². The molecule has 0 saturated heterocycles. The number of carbonyl (C=O) groups excluding carboxylic acids is 4. The van der Waals surface area contributed by atoms with E-state index in [0.717, 1.165) is 0 Å². The molecule has 4 amide bonds. The molecule has 0 spiro atoms. The first-order chi connectivity index (χ1) is 20.7. The van der Waals surface area contributed by atoms with Gasteiger partial charge in [-0.25, -0.2) is 0 Å². The van der Waals surface area contributed by atoms with Crippen molar-refractivity contribution in [3.05, 3.63) is 151 Å². The molecular formula is C24H24Ag2N10O10. The van der Waals surface area contributed by atoms with Crippen LogP contribution in [0.3, 0.4) is 0 Å². The summed E-state index contributed by atoms with van der Waals surface area (Å²) in [6.45, 7) is 0. The second-order valence-corrected chi connectivity index (χ2v) is 6.85. The Bertz CT molecular complexity index is 1230. The topological polar surface area (TPSA) is 356 Å². The maximum Gasteiger partial charge on any atom is 1.00 e. The molecule has 0 saturated carbocycles. The third kappa shape index (κ3) is 29.8. The summed E-state index contributed by atoms with van der Waals surface area (Å²) >= 11 is 0. The van der Waals surface area contributed by atoms with Crippen LogP contribution in [0.2, 0.25) is 0 Å². The molecule has 0 aliphatic heterocycles. The van der Waals surface area contributed by atoms with Crippen LogP contribution < -0.4 is 22.9 Å². The van der Waals surface area contributed by atoms with Crippen LogP contribution in [0, 0.1) is 30.6 Å². The van der Waals surface area contributed by atoms with Crippen molar-refractivity contribution >= 4 is 23.6 Å². The van der Waals surface area contributed by atoms with Crippen LogP contribution in [0.1, 0.15) is 41.4 Å². The van der Waals surface area contributed by atoms with Crippen LogP contribution in [0.25, 0.3) is 0 Å². The van der Waals surface area contributed by atoms with Gasteiger partial charge in [-0.3, -0.25) is 39.1 Å². The SMILES string of the molecule is NC(=O)c1ccncc1.NC(=O)c1ccncc1.NC(=O)c1ccncc1.NC(=O)c1ccncc1.O=[N+]([O-])[O-].O=[N+]([O-])[O-].[Ag+].[Ag+]. The van der Waals surface area contributed by atoms with E-state index >= 15 is 0 Å². The minimum absolute atomic E-state index is 0. The molecular weight excluding hydrogens is 804 g/mol. The molecule has 0 bridgehead atoms. The van der Waals surface area contributed by atoms with Gasteiger partial charge in [-0.1, -0.05) is 0 Å². The van der Waals surface area contributed by atoms with Gasteiger partial charge in [0, 0.05) is 71.8 Å². The second kappa shape index (κ2) is 29.4. The normalized spacial score (nSPS) is 8.00. The Morgan fingerprint density at radius 2 is 0.522 bits per heavy atom. The van der Waals surface area contributed by atoms with Gasteiger partial charge in [0.1, 0.15) is 0 Å². The van der Waals surface area contributed by atoms with E-state index in [1.54, 1.807) is 48.5 Å². The van der Waals surface area contributed by atoms with E-state index in [-0.39, 0.29) is 44.8 Å². The molecule has 0 aromatic carbocycles. The van der Waals surface area contributed by atoms with Crippen molar-refractivity contribution in [3.63, 3.8) is 0 Å². The summed E-state index contributed by atoms with van der Waals surface area (Å²) in [7, 11) is 0. The Morgan fingerprint density at radius 3 is 0.587 bits per heavy atom. The number of amides is 4. The summed E-state index contributed by atoms with van der Waals surface area (Å²) in [5.74, 6) is -1.68. The van der Waals surface area contributed by atoms with E-state index < -0.39 is 33.8 Å². The molecule has 20 nitrogen and oxygen atoms in total. The van der Waals surface area contributed by atoms with Gasteiger partial charge < -0.3 is 53.6 Å². The van der Waals surface area contributed by atoms with Gasteiger partial charge in [0.15, 0.2) is 0 Å². The Balaban J connectivity index is -0.000000234. The molecule has 22 heteroatoms. The monoisotopic (exact) mass is 826 g/mol. The van der Waals surface area contributed by atoms with Gasteiger partial charge in [-0.15, -0.1) is 0 Å². The number of pyridine rings is 4. The first kappa shape index (κ1) is 47.3. The molecule has 252 valence electrons. The molecule has 4 aromatic heterocycles. The van der Waals surface area contributed by atoms with Crippen LogP contribution in [0.15, 0.2) is 98.1 Å². The largest absolute Gasteiger partial charge is 1.00 e. The first-order valence-corrected chi connectivity index (χ1v) is 11.1. The summed E-state index contributed by atoms with van der Waals surface area (Å²) in [5.41, 5.74) is 21.8. The van der Waals surface area contributed by atoms with Crippen molar-refractivity contribution in [1.82, 2.24) is 19.9 Å². The number of hydrogen-bond acceptors (Lipinski definition) is 14. The summed E-state index contributed by atoms with van der Waals surface area (Å²) in [4.78, 5) is 73.0. The van der Waals surface area contributed by atoms with Crippen LogP contribution in [-0.2, 0) is 44.8 Å². The molecule has 0 radical (unpaired) electrons. The number of nitrogens with two attached hydrogens (primary N) is 4. The third-order valence-electron chi connectivity index (χ3n) is 3.86. The van der Waals surface area contributed by atoms with Gasteiger partial charge in [-0.2, -0.15) is 0 Å². The molecule has 4 heterocycles. The van der Waals surface area contributed by atoms with Gasteiger partial charge in [-0.05, 0) is 48.5 Å². The molecule has 4 rings (SSSR count). The second-order valence-electron chi connectivity index (χ2n) is 6.85. The van der Waals surface area contributed by atoms with Crippen LogP contribution in [0.5, 0.6) is 0 Å². The summed E-state index contributed by atoms with van der Waals surface area (Å²) in [6, 6.07) is 12.6. The fraction of sp³-hybridized carbons (Fsp3) is 0. The van der Waals surface area contributed by atoms with Crippen molar-refractivity contribution in [2.24, 2.45) is 22.9 Å².